The molecule has 0 spiro atoms. The fourth-order valence-corrected chi connectivity index (χ4v) is 2.40. The number of benzene rings is 1. The molecule has 0 aliphatic heterocycles. The van der Waals surface area contributed by atoms with Crippen molar-refractivity contribution in [2.24, 2.45) is 0 Å². The van der Waals surface area contributed by atoms with Gasteiger partial charge in [-0.3, -0.25) is 4.79 Å². The first kappa shape index (κ1) is 17.2. The minimum atomic E-state index is -1.26. The predicted molar refractivity (Wildman–Crippen MR) is 82.2 cm³/mol. The number of carbonyl (C=O) groups is 1. The van der Waals surface area contributed by atoms with Gasteiger partial charge in [-0.05, 0) is 36.9 Å². The molecule has 6 heteroatoms. The Hall–Kier alpha value is -0.810. The molecule has 1 aromatic carbocycles. The lowest BCUT2D eigenvalue weighted by atomic mass is 10.1. The number of hydrogen-bond acceptors (Lipinski definition) is 3. The van der Waals surface area contributed by atoms with E-state index in [4.69, 9.17) is 23.2 Å². The monoisotopic (exact) mass is 318 g/mol. The molecule has 1 rings (SSSR count). The van der Waals surface area contributed by atoms with E-state index in [0.717, 1.165) is 19.6 Å². The van der Waals surface area contributed by atoms with Crippen LogP contribution in [0.5, 0.6) is 0 Å². The minimum absolute atomic E-state index is 0.391. The first-order valence-electron chi connectivity index (χ1n) is 6.62. The van der Waals surface area contributed by atoms with Gasteiger partial charge in [0, 0.05) is 23.1 Å². The summed E-state index contributed by atoms with van der Waals surface area (Å²) in [6.45, 7) is 7.23. The Balaban J connectivity index is 2.54. The zero-order valence-corrected chi connectivity index (χ0v) is 13.2. The maximum atomic E-state index is 11.9. The van der Waals surface area contributed by atoms with E-state index in [9.17, 15) is 9.90 Å². The van der Waals surface area contributed by atoms with Crippen molar-refractivity contribution in [2.45, 2.75) is 20.0 Å². The van der Waals surface area contributed by atoms with Crippen LogP contribution < -0.4 is 5.32 Å². The Morgan fingerprint density at radius 2 is 1.80 bits per heavy atom. The van der Waals surface area contributed by atoms with Gasteiger partial charge in [0.1, 0.15) is 0 Å². The van der Waals surface area contributed by atoms with Gasteiger partial charge in [-0.25, -0.2) is 0 Å². The van der Waals surface area contributed by atoms with Gasteiger partial charge in [0.05, 0.1) is 0 Å². The van der Waals surface area contributed by atoms with E-state index in [-0.39, 0.29) is 0 Å². The fourth-order valence-electron chi connectivity index (χ4n) is 1.86. The van der Waals surface area contributed by atoms with E-state index < -0.39 is 12.0 Å². The molecule has 0 saturated carbocycles. The number of hydrogen-bond donors (Lipinski definition) is 2. The van der Waals surface area contributed by atoms with Crippen molar-refractivity contribution < 1.29 is 9.90 Å². The first-order chi connectivity index (χ1) is 9.47. The SMILES string of the molecule is CCN(CC)CCNC(=O)C(O)c1cc(Cl)cc(Cl)c1. The summed E-state index contributed by atoms with van der Waals surface area (Å²) >= 11 is 11.7. The summed E-state index contributed by atoms with van der Waals surface area (Å²) in [7, 11) is 0. The second-order valence-electron chi connectivity index (χ2n) is 4.42. The molecule has 1 atom stereocenters. The van der Waals surface area contributed by atoms with Gasteiger partial charge in [-0.2, -0.15) is 0 Å². The molecule has 0 heterocycles. The van der Waals surface area contributed by atoms with Crippen LogP contribution in [0.4, 0.5) is 0 Å². The van der Waals surface area contributed by atoms with Crippen LogP contribution in [0, 0.1) is 0 Å². The Bertz CT molecular complexity index is 431. The molecule has 0 radical (unpaired) electrons. The van der Waals surface area contributed by atoms with Gasteiger partial charge in [0.25, 0.3) is 5.91 Å². The summed E-state index contributed by atoms with van der Waals surface area (Å²) in [5.74, 6) is -0.449. The van der Waals surface area contributed by atoms with Gasteiger partial charge in [0.15, 0.2) is 6.10 Å². The van der Waals surface area contributed by atoms with Crippen molar-refractivity contribution in [1.82, 2.24) is 10.2 Å². The number of aliphatic hydroxyl groups is 1. The molecule has 0 aliphatic carbocycles. The van der Waals surface area contributed by atoms with E-state index in [0.29, 0.717) is 22.2 Å². The summed E-state index contributed by atoms with van der Waals surface area (Å²) < 4.78 is 0. The summed E-state index contributed by atoms with van der Waals surface area (Å²) in [6.07, 6.45) is -1.26. The smallest absolute Gasteiger partial charge is 0.253 e. The molecule has 112 valence electrons. The molecule has 2 N–H and O–H groups in total. The second kappa shape index (κ2) is 8.47. The highest BCUT2D eigenvalue weighted by Crippen LogP contribution is 2.23. The van der Waals surface area contributed by atoms with Gasteiger partial charge in [-0.15, -0.1) is 0 Å². The standard InChI is InChI=1S/C14H20Cl2N2O2/c1-3-18(4-2)6-5-17-14(20)13(19)10-7-11(15)9-12(16)8-10/h7-9,13,19H,3-6H2,1-2H3,(H,17,20). The van der Waals surface area contributed by atoms with Crippen LogP contribution in [0.15, 0.2) is 18.2 Å². The van der Waals surface area contributed by atoms with Crippen LogP contribution in [0.1, 0.15) is 25.5 Å². The van der Waals surface area contributed by atoms with Crippen molar-refractivity contribution in [3.8, 4) is 0 Å². The van der Waals surface area contributed by atoms with Crippen molar-refractivity contribution in [2.75, 3.05) is 26.2 Å². The highest BCUT2D eigenvalue weighted by molar-refractivity contribution is 6.34. The number of rotatable bonds is 7. The number of carbonyl (C=O) groups excluding carboxylic acids is 1. The van der Waals surface area contributed by atoms with Crippen LogP contribution in [0.2, 0.25) is 10.0 Å². The zero-order valence-electron chi connectivity index (χ0n) is 11.7. The van der Waals surface area contributed by atoms with Crippen LogP contribution in [-0.4, -0.2) is 42.1 Å². The molecule has 0 aliphatic rings. The number of nitrogens with one attached hydrogen (secondary N) is 1. The van der Waals surface area contributed by atoms with Crippen LogP contribution in [0.3, 0.4) is 0 Å². The fraction of sp³-hybridized carbons (Fsp3) is 0.500. The molecular weight excluding hydrogens is 299 g/mol. The maximum Gasteiger partial charge on any atom is 0.253 e. The molecule has 1 amide bonds. The number of nitrogens with zero attached hydrogens (tertiary/aromatic N) is 1. The molecule has 0 bridgehead atoms. The predicted octanol–water partition coefficient (Wildman–Crippen LogP) is 2.48. The average Bonchev–Trinajstić information content (AvgIpc) is 2.41. The van der Waals surface area contributed by atoms with Crippen molar-refractivity contribution in [3.63, 3.8) is 0 Å². The number of aliphatic hydroxyl groups excluding tert-OH is 1. The quantitative estimate of drug-likeness (QED) is 0.812. The second-order valence-corrected chi connectivity index (χ2v) is 5.30. The van der Waals surface area contributed by atoms with E-state index >= 15 is 0 Å². The van der Waals surface area contributed by atoms with E-state index in [1.807, 2.05) is 0 Å². The normalized spacial score (nSPS) is 12.5. The van der Waals surface area contributed by atoms with Crippen LogP contribution in [-0.2, 0) is 4.79 Å². The highest BCUT2D eigenvalue weighted by atomic mass is 35.5. The van der Waals surface area contributed by atoms with E-state index in [1.54, 1.807) is 6.07 Å². The Morgan fingerprint density at radius 1 is 1.25 bits per heavy atom. The highest BCUT2D eigenvalue weighted by Gasteiger charge is 2.18. The van der Waals surface area contributed by atoms with E-state index in [1.165, 1.54) is 12.1 Å². The molecule has 1 aromatic rings. The first-order valence-corrected chi connectivity index (χ1v) is 7.37. The third kappa shape index (κ3) is 5.29. The van der Waals surface area contributed by atoms with Gasteiger partial charge in [-0.1, -0.05) is 37.0 Å². The van der Waals surface area contributed by atoms with Crippen molar-refractivity contribution in [1.29, 1.82) is 0 Å². The van der Waals surface area contributed by atoms with Gasteiger partial charge < -0.3 is 15.3 Å². The topological polar surface area (TPSA) is 52.6 Å². The van der Waals surface area contributed by atoms with E-state index in [2.05, 4.69) is 24.1 Å². The van der Waals surface area contributed by atoms with Crippen LogP contribution >= 0.6 is 23.2 Å². The molecule has 1 unspecified atom stereocenters. The Labute approximate surface area is 129 Å². The zero-order chi connectivity index (χ0) is 15.1. The number of halogens is 2. The Kier molecular flexibility index (Phi) is 7.30. The molecule has 20 heavy (non-hydrogen) atoms. The van der Waals surface area contributed by atoms with Gasteiger partial charge >= 0.3 is 0 Å². The number of likely N-dealkylation sites (N-methyl/N-ethyl adjacent to an activating group) is 1. The summed E-state index contributed by atoms with van der Waals surface area (Å²) in [6, 6.07) is 4.61. The van der Waals surface area contributed by atoms with Crippen LogP contribution in [0.25, 0.3) is 0 Å². The molecule has 0 saturated heterocycles. The molecule has 0 aromatic heterocycles. The maximum absolute atomic E-state index is 11.9. The lowest BCUT2D eigenvalue weighted by molar-refractivity contribution is -0.129. The van der Waals surface area contributed by atoms with Gasteiger partial charge in [0.2, 0.25) is 0 Å². The number of amides is 1. The summed E-state index contributed by atoms with van der Waals surface area (Å²) in [4.78, 5) is 14.0. The molecule has 0 fully saturated rings. The third-order valence-corrected chi connectivity index (χ3v) is 3.51. The largest absolute Gasteiger partial charge is 0.378 e. The summed E-state index contributed by atoms with van der Waals surface area (Å²) in [5.41, 5.74) is 0.392. The molecular formula is C14H20Cl2N2O2. The summed E-state index contributed by atoms with van der Waals surface area (Å²) in [5, 5.41) is 13.5. The third-order valence-electron chi connectivity index (χ3n) is 3.07. The average molecular weight is 319 g/mol. The lowest BCUT2D eigenvalue weighted by Crippen LogP contribution is -2.37. The van der Waals surface area contributed by atoms with Crippen molar-refractivity contribution >= 4 is 29.1 Å². The lowest BCUT2D eigenvalue weighted by Gasteiger charge is -2.19. The Morgan fingerprint density at radius 3 is 2.30 bits per heavy atom. The van der Waals surface area contributed by atoms with Crippen molar-refractivity contribution in [3.05, 3.63) is 33.8 Å². The molecule has 4 nitrogen and oxygen atoms in total. The minimum Gasteiger partial charge on any atom is -0.378 e.